The van der Waals surface area contributed by atoms with Crippen LogP contribution in [0.1, 0.15) is 0 Å². The number of nitrogens with one attached hydrogen (secondary N) is 2. The van der Waals surface area contributed by atoms with E-state index in [1.807, 2.05) is 6.07 Å². The molecule has 1 amide bonds. The van der Waals surface area contributed by atoms with Crippen LogP contribution in [0.2, 0.25) is 10.0 Å². The summed E-state index contributed by atoms with van der Waals surface area (Å²) in [6.45, 7) is 0.0333. The van der Waals surface area contributed by atoms with Crippen molar-refractivity contribution in [2.24, 2.45) is 0 Å². The maximum atomic E-state index is 11.2. The number of carbonyl (C=O) groups is 1. The van der Waals surface area contributed by atoms with E-state index in [-0.39, 0.29) is 19.0 Å². The zero-order valence-corrected chi connectivity index (χ0v) is 9.77. The van der Waals surface area contributed by atoms with Crippen LogP contribution in [0.25, 0.3) is 0 Å². The van der Waals surface area contributed by atoms with Crippen LogP contribution < -0.4 is 10.6 Å². The number of anilines is 1. The van der Waals surface area contributed by atoms with E-state index in [9.17, 15) is 4.79 Å². The average Bonchev–Trinajstić information content (AvgIpc) is 2.27. The normalized spacial score (nSPS) is 9.31. The average molecular weight is 258 g/mol. The molecule has 0 spiro atoms. The van der Waals surface area contributed by atoms with Gasteiger partial charge in [-0.1, -0.05) is 23.2 Å². The fourth-order valence-corrected chi connectivity index (χ4v) is 1.37. The van der Waals surface area contributed by atoms with Gasteiger partial charge in [0.1, 0.15) is 6.54 Å². The highest BCUT2D eigenvalue weighted by Crippen LogP contribution is 2.24. The lowest BCUT2D eigenvalue weighted by atomic mass is 10.3. The number of nitrogens with zero attached hydrogens (tertiary/aromatic N) is 1. The van der Waals surface area contributed by atoms with Gasteiger partial charge >= 0.3 is 0 Å². The number of carbonyl (C=O) groups excluding carboxylic acids is 1. The number of amides is 1. The molecule has 1 aromatic carbocycles. The minimum Gasteiger partial charge on any atom is -0.375 e. The molecule has 0 aliphatic carbocycles. The molecular weight excluding hydrogens is 249 g/mol. The minimum absolute atomic E-state index is 0.0101. The van der Waals surface area contributed by atoms with E-state index in [4.69, 9.17) is 28.5 Å². The summed E-state index contributed by atoms with van der Waals surface area (Å²) in [7, 11) is 0. The fraction of sp³-hybridized carbons (Fsp3) is 0.200. The number of rotatable bonds is 4. The fourth-order valence-electron chi connectivity index (χ4n) is 1.01. The predicted octanol–water partition coefficient (Wildman–Crippen LogP) is 2.05. The Hall–Kier alpha value is -1.44. The predicted molar refractivity (Wildman–Crippen MR) is 63.6 cm³/mol. The molecule has 84 valence electrons. The summed E-state index contributed by atoms with van der Waals surface area (Å²) in [6.07, 6.45) is 0. The Morgan fingerprint density at radius 1 is 1.44 bits per heavy atom. The number of hydrogen-bond acceptors (Lipinski definition) is 3. The number of nitriles is 1. The molecule has 0 radical (unpaired) electrons. The van der Waals surface area contributed by atoms with Gasteiger partial charge in [0.15, 0.2) is 0 Å². The highest BCUT2D eigenvalue weighted by molar-refractivity contribution is 6.35. The number of halogens is 2. The zero-order chi connectivity index (χ0) is 12.0. The van der Waals surface area contributed by atoms with Crippen LogP contribution in [0.15, 0.2) is 18.2 Å². The second-order valence-electron chi connectivity index (χ2n) is 2.91. The van der Waals surface area contributed by atoms with Crippen molar-refractivity contribution in [1.82, 2.24) is 5.32 Å². The van der Waals surface area contributed by atoms with Gasteiger partial charge in [-0.3, -0.25) is 4.79 Å². The molecule has 6 heteroatoms. The first-order valence-corrected chi connectivity index (χ1v) is 5.21. The van der Waals surface area contributed by atoms with Gasteiger partial charge in [-0.15, -0.1) is 0 Å². The molecular formula is C10H9Cl2N3O. The van der Waals surface area contributed by atoms with E-state index in [2.05, 4.69) is 10.6 Å². The van der Waals surface area contributed by atoms with E-state index >= 15 is 0 Å². The monoisotopic (exact) mass is 257 g/mol. The van der Waals surface area contributed by atoms with Gasteiger partial charge in [0.2, 0.25) is 5.91 Å². The Kier molecular flexibility index (Phi) is 4.90. The van der Waals surface area contributed by atoms with Gasteiger partial charge in [0, 0.05) is 5.02 Å². The highest BCUT2D eigenvalue weighted by atomic mass is 35.5. The van der Waals surface area contributed by atoms with Crippen molar-refractivity contribution in [3.05, 3.63) is 28.2 Å². The first kappa shape index (κ1) is 12.6. The van der Waals surface area contributed by atoms with Gasteiger partial charge in [-0.25, -0.2) is 0 Å². The van der Waals surface area contributed by atoms with Crippen molar-refractivity contribution >= 4 is 34.8 Å². The Morgan fingerprint density at radius 2 is 2.19 bits per heavy atom. The third-order valence-corrected chi connectivity index (χ3v) is 2.30. The first-order valence-electron chi connectivity index (χ1n) is 4.46. The quantitative estimate of drug-likeness (QED) is 0.812. The molecule has 16 heavy (non-hydrogen) atoms. The standard InChI is InChI=1S/C10H9Cl2N3O/c11-7-1-2-8(12)9(5-7)15-6-10(16)14-4-3-13/h1-2,5,15H,4,6H2,(H,14,16). The van der Waals surface area contributed by atoms with Gasteiger partial charge in [-0.2, -0.15) is 5.26 Å². The highest BCUT2D eigenvalue weighted by Gasteiger charge is 2.03. The van der Waals surface area contributed by atoms with E-state index in [0.29, 0.717) is 15.7 Å². The van der Waals surface area contributed by atoms with Crippen LogP contribution in [0.5, 0.6) is 0 Å². The third-order valence-electron chi connectivity index (χ3n) is 1.73. The van der Waals surface area contributed by atoms with Crippen LogP contribution in [-0.4, -0.2) is 19.0 Å². The lowest BCUT2D eigenvalue weighted by Crippen LogP contribution is -2.30. The summed E-state index contributed by atoms with van der Waals surface area (Å²) in [6, 6.07) is 6.73. The van der Waals surface area contributed by atoms with Gasteiger partial charge in [0.25, 0.3) is 0 Å². The summed E-state index contributed by atoms with van der Waals surface area (Å²) in [5.41, 5.74) is 0.585. The summed E-state index contributed by atoms with van der Waals surface area (Å²) in [5, 5.41) is 14.5. The summed E-state index contributed by atoms with van der Waals surface area (Å²) in [5.74, 6) is -0.280. The number of benzene rings is 1. The smallest absolute Gasteiger partial charge is 0.240 e. The molecule has 1 aromatic rings. The molecule has 0 saturated carbocycles. The van der Waals surface area contributed by atoms with Crippen LogP contribution in [0, 0.1) is 11.3 Å². The Balaban J connectivity index is 2.51. The van der Waals surface area contributed by atoms with Gasteiger partial charge < -0.3 is 10.6 Å². The molecule has 0 atom stereocenters. The first-order chi connectivity index (χ1) is 7.63. The topological polar surface area (TPSA) is 64.9 Å². The van der Waals surface area contributed by atoms with E-state index in [1.54, 1.807) is 18.2 Å². The van der Waals surface area contributed by atoms with Gasteiger partial charge in [0.05, 0.1) is 23.3 Å². The van der Waals surface area contributed by atoms with Crippen molar-refractivity contribution in [2.75, 3.05) is 18.4 Å². The van der Waals surface area contributed by atoms with Crippen LogP contribution in [0.4, 0.5) is 5.69 Å². The van der Waals surface area contributed by atoms with Crippen molar-refractivity contribution in [3.8, 4) is 6.07 Å². The Morgan fingerprint density at radius 3 is 2.88 bits per heavy atom. The van der Waals surface area contributed by atoms with Crippen LogP contribution in [-0.2, 0) is 4.79 Å². The molecule has 0 aliphatic rings. The lowest BCUT2D eigenvalue weighted by molar-refractivity contribution is -0.119. The second-order valence-corrected chi connectivity index (χ2v) is 3.76. The molecule has 0 heterocycles. The maximum absolute atomic E-state index is 11.2. The summed E-state index contributed by atoms with van der Waals surface area (Å²) < 4.78 is 0. The zero-order valence-electron chi connectivity index (χ0n) is 8.26. The largest absolute Gasteiger partial charge is 0.375 e. The van der Waals surface area contributed by atoms with Crippen LogP contribution in [0.3, 0.4) is 0 Å². The summed E-state index contributed by atoms with van der Waals surface area (Å²) >= 11 is 11.7. The molecule has 0 fully saturated rings. The summed E-state index contributed by atoms with van der Waals surface area (Å²) in [4.78, 5) is 11.2. The molecule has 4 nitrogen and oxygen atoms in total. The van der Waals surface area contributed by atoms with Crippen LogP contribution >= 0.6 is 23.2 Å². The van der Waals surface area contributed by atoms with E-state index < -0.39 is 0 Å². The van der Waals surface area contributed by atoms with Crippen molar-refractivity contribution in [3.63, 3.8) is 0 Å². The van der Waals surface area contributed by atoms with E-state index in [0.717, 1.165) is 0 Å². The molecule has 2 N–H and O–H groups in total. The molecule has 0 aromatic heterocycles. The lowest BCUT2D eigenvalue weighted by Gasteiger charge is -2.08. The SMILES string of the molecule is N#CCNC(=O)CNc1cc(Cl)ccc1Cl. The number of hydrogen-bond donors (Lipinski definition) is 2. The molecule has 0 unspecified atom stereocenters. The molecule has 0 aliphatic heterocycles. The molecule has 1 rings (SSSR count). The molecule has 0 saturated heterocycles. The molecule has 0 bridgehead atoms. The van der Waals surface area contributed by atoms with Crippen molar-refractivity contribution in [1.29, 1.82) is 5.26 Å². The Bertz CT molecular complexity index is 429. The van der Waals surface area contributed by atoms with Gasteiger partial charge in [-0.05, 0) is 18.2 Å². The van der Waals surface area contributed by atoms with Crippen molar-refractivity contribution < 1.29 is 4.79 Å². The maximum Gasteiger partial charge on any atom is 0.240 e. The Labute approximate surface area is 103 Å². The minimum atomic E-state index is -0.280. The third kappa shape index (κ3) is 3.97. The van der Waals surface area contributed by atoms with E-state index in [1.165, 1.54) is 0 Å². The van der Waals surface area contributed by atoms with Crippen molar-refractivity contribution in [2.45, 2.75) is 0 Å². The second kappa shape index (κ2) is 6.21.